The number of aromatic nitrogens is 4. The lowest BCUT2D eigenvalue weighted by atomic mass is 10.1. The topological polar surface area (TPSA) is 88.5 Å². The first-order chi connectivity index (χ1) is 16.5. The number of carbonyl (C=O) groups is 1. The maximum atomic E-state index is 12.9. The first-order valence-electron chi connectivity index (χ1n) is 11.1. The van der Waals surface area contributed by atoms with Crippen LogP contribution in [-0.4, -0.2) is 31.0 Å². The number of nitriles is 1. The predicted octanol–water partition coefficient (Wildman–Crippen LogP) is 4.90. The van der Waals surface area contributed by atoms with Crippen LogP contribution in [0.2, 0.25) is 0 Å². The van der Waals surface area contributed by atoms with Gasteiger partial charge in [-0.3, -0.25) is 9.36 Å². The van der Waals surface area contributed by atoms with E-state index >= 15 is 0 Å². The van der Waals surface area contributed by atoms with Gasteiger partial charge in [0.1, 0.15) is 17.7 Å². The highest BCUT2D eigenvalue weighted by Gasteiger charge is 2.21. The van der Waals surface area contributed by atoms with E-state index in [4.69, 9.17) is 0 Å². The maximum Gasteiger partial charge on any atom is 0.236 e. The van der Waals surface area contributed by atoms with Crippen molar-refractivity contribution in [2.24, 2.45) is 0 Å². The number of benzene rings is 2. The molecule has 2 aromatic carbocycles. The average Bonchev–Trinajstić information content (AvgIpc) is 3.35. The monoisotopic (exact) mass is 470 g/mol. The Morgan fingerprint density at radius 1 is 1.06 bits per heavy atom. The first kappa shape index (κ1) is 23.3. The highest BCUT2D eigenvalue weighted by Crippen LogP contribution is 2.30. The van der Waals surface area contributed by atoms with Gasteiger partial charge in [0.05, 0.1) is 11.3 Å². The van der Waals surface area contributed by atoms with E-state index in [1.165, 1.54) is 11.8 Å². The van der Waals surface area contributed by atoms with Crippen LogP contribution in [0.3, 0.4) is 0 Å². The number of amides is 1. The summed E-state index contributed by atoms with van der Waals surface area (Å²) in [4.78, 5) is 12.9. The van der Waals surface area contributed by atoms with E-state index < -0.39 is 0 Å². The van der Waals surface area contributed by atoms with Crippen LogP contribution in [-0.2, 0) is 17.8 Å². The Morgan fingerprint density at radius 3 is 2.38 bits per heavy atom. The zero-order valence-corrected chi connectivity index (χ0v) is 20.3. The fourth-order valence-electron chi connectivity index (χ4n) is 3.91. The lowest BCUT2D eigenvalue weighted by Crippen LogP contribution is -2.18. The molecule has 172 valence electrons. The van der Waals surface area contributed by atoms with Crippen LogP contribution in [0.4, 0.5) is 5.82 Å². The van der Waals surface area contributed by atoms with Crippen molar-refractivity contribution in [3.05, 3.63) is 88.9 Å². The lowest BCUT2D eigenvalue weighted by Gasteiger charge is -2.13. The van der Waals surface area contributed by atoms with E-state index in [9.17, 15) is 10.1 Å². The largest absolute Gasteiger partial charge is 0.310 e. The van der Waals surface area contributed by atoms with Crippen molar-refractivity contribution < 1.29 is 4.79 Å². The summed E-state index contributed by atoms with van der Waals surface area (Å²) in [6.45, 7) is 6.60. The predicted molar refractivity (Wildman–Crippen MR) is 134 cm³/mol. The fraction of sp³-hybridized carbons (Fsp3) is 0.231. The molecule has 0 fully saturated rings. The molecular weight excluding hydrogens is 444 g/mol. The summed E-state index contributed by atoms with van der Waals surface area (Å²) < 4.78 is 3.95. The van der Waals surface area contributed by atoms with Crippen molar-refractivity contribution in [3.63, 3.8) is 0 Å². The number of nitrogens with one attached hydrogen (secondary N) is 1. The van der Waals surface area contributed by atoms with Gasteiger partial charge in [-0.15, -0.1) is 10.2 Å². The van der Waals surface area contributed by atoms with Crippen molar-refractivity contribution >= 4 is 23.5 Å². The number of thioether (sulfide) groups is 1. The van der Waals surface area contributed by atoms with Gasteiger partial charge in [0.2, 0.25) is 5.91 Å². The zero-order valence-electron chi connectivity index (χ0n) is 19.4. The molecule has 34 heavy (non-hydrogen) atoms. The van der Waals surface area contributed by atoms with Crippen molar-refractivity contribution in [2.45, 2.75) is 38.9 Å². The maximum absolute atomic E-state index is 12.9. The molecule has 8 heteroatoms. The van der Waals surface area contributed by atoms with E-state index in [2.05, 4.69) is 33.7 Å². The van der Waals surface area contributed by atoms with Gasteiger partial charge in [-0.1, -0.05) is 60.3 Å². The molecule has 0 saturated carbocycles. The van der Waals surface area contributed by atoms with Gasteiger partial charge < -0.3 is 9.88 Å². The molecule has 0 saturated heterocycles. The Morgan fingerprint density at radius 2 is 1.74 bits per heavy atom. The van der Waals surface area contributed by atoms with Crippen LogP contribution < -0.4 is 5.32 Å². The Labute approximate surface area is 203 Å². The molecule has 0 atom stereocenters. The zero-order chi connectivity index (χ0) is 24.1. The molecule has 0 unspecified atom stereocenters. The summed E-state index contributed by atoms with van der Waals surface area (Å²) in [5.41, 5.74) is 4.30. The van der Waals surface area contributed by atoms with Gasteiger partial charge in [-0.25, -0.2) is 0 Å². The normalized spacial score (nSPS) is 10.8. The summed E-state index contributed by atoms with van der Waals surface area (Å²) in [5, 5.41) is 22.1. The standard InChI is InChI=1S/C26H26N6OS/c1-4-31-23(15-20-11-7-5-8-12-20)29-30-26(31)34-17-24(33)28-25-22(16-27)18(2)19(3)32(25)21-13-9-6-10-14-21/h5-14H,4,15,17H2,1-3H3,(H,28,33). The molecule has 4 rings (SSSR count). The van der Waals surface area contributed by atoms with Gasteiger partial charge in [0, 0.05) is 24.3 Å². The van der Waals surface area contributed by atoms with E-state index in [0.29, 0.717) is 29.5 Å². The third kappa shape index (κ3) is 4.75. The Kier molecular flexibility index (Phi) is 7.14. The number of anilines is 1. The molecular formula is C26H26N6OS. The first-order valence-corrected chi connectivity index (χ1v) is 12.1. The molecule has 0 aliphatic carbocycles. The van der Waals surface area contributed by atoms with Crippen molar-refractivity contribution in [2.75, 3.05) is 11.1 Å². The Balaban J connectivity index is 1.51. The van der Waals surface area contributed by atoms with Gasteiger partial charge in [0.15, 0.2) is 5.16 Å². The Hall–Kier alpha value is -3.83. The molecule has 0 aliphatic heterocycles. The lowest BCUT2D eigenvalue weighted by molar-refractivity contribution is -0.113. The van der Waals surface area contributed by atoms with Crippen molar-refractivity contribution in [1.82, 2.24) is 19.3 Å². The second-order valence-corrected chi connectivity index (χ2v) is 8.80. The number of carbonyl (C=O) groups excluding carboxylic acids is 1. The van der Waals surface area contributed by atoms with Crippen LogP contribution >= 0.6 is 11.8 Å². The third-order valence-corrected chi connectivity index (χ3v) is 6.71. The van der Waals surface area contributed by atoms with Crippen LogP contribution in [0.5, 0.6) is 0 Å². The summed E-state index contributed by atoms with van der Waals surface area (Å²) in [7, 11) is 0. The van der Waals surface area contributed by atoms with Crippen molar-refractivity contribution in [1.29, 1.82) is 5.26 Å². The fourth-order valence-corrected chi connectivity index (χ4v) is 4.73. The molecule has 7 nitrogen and oxygen atoms in total. The molecule has 0 bridgehead atoms. The van der Waals surface area contributed by atoms with Gasteiger partial charge in [0.25, 0.3) is 0 Å². The number of nitrogens with zero attached hydrogens (tertiary/aromatic N) is 5. The Bertz CT molecular complexity index is 1340. The molecule has 0 spiro atoms. The molecule has 0 radical (unpaired) electrons. The molecule has 2 aromatic heterocycles. The van der Waals surface area contributed by atoms with Crippen LogP contribution in [0, 0.1) is 25.2 Å². The van der Waals surface area contributed by atoms with E-state index in [0.717, 1.165) is 28.3 Å². The quantitative estimate of drug-likeness (QED) is 0.370. The van der Waals surface area contributed by atoms with Crippen LogP contribution in [0.25, 0.3) is 5.69 Å². The van der Waals surface area contributed by atoms with Gasteiger partial charge >= 0.3 is 0 Å². The van der Waals surface area contributed by atoms with E-state index in [1.54, 1.807) is 0 Å². The number of hydrogen-bond donors (Lipinski definition) is 1. The second kappa shape index (κ2) is 10.4. The second-order valence-electron chi connectivity index (χ2n) is 7.86. The molecule has 0 aliphatic rings. The third-order valence-electron chi connectivity index (χ3n) is 5.74. The minimum absolute atomic E-state index is 0.159. The van der Waals surface area contributed by atoms with Crippen molar-refractivity contribution in [3.8, 4) is 11.8 Å². The summed E-state index contributed by atoms with van der Waals surface area (Å²) in [6.07, 6.45) is 0.684. The highest BCUT2D eigenvalue weighted by atomic mass is 32.2. The number of para-hydroxylation sites is 1. The summed E-state index contributed by atoms with van der Waals surface area (Å²) in [5.74, 6) is 1.32. The van der Waals surface area contributed by atoms with Crippen LogP contribution in [0.1, 0.15) is 35.1 Å². The van der Waals surface area contributed by atoms with Gasteiger partial charge in [-0.2, -0.15) is 5.26 Å². The van der Waals surface area contributed by atoms with E-state index in [-0.39, 0.29) is 11.7 Å². The number of rotatable bonds is 8. The van der Waals surface area contributed by atoms with Gasteiger partial charge in [-0.05, 0) is 44.0 Å². The summed E-state index contributed by atoms with van der Waals surface area (Å²) >= 11 is 1.34. The summed E-state index contributed by atoms with van der Waals surface area (Å²) in [6, 6.07) is 22.1. The highest BCUT2D eigenvalue weighted by molar-refractivity contribution is 7.99. The smallest absolute Gasteiger partial charge is 0.236 e. The molecule has 1 amide bonds. The minimum Gasteiger partial charge on any atom is -0.310 e. The average molecular weight is 471 g/mol. The molecule has 2 heterocycles. The SMILES string of the molecule is CCn1c(Cc2ccccc2)nnc1SCC(=O)Nc1c(C#N)c(C)c(C)n1-c1ccccc1. The molecule has 1 N–H and O–H groups in total. The van der Waals surface area contributed by atoms with E-state index in [1.807, 2.05) is 78.4 Å². The molecule has 4 aromatic rings. The number of hydrogen-bond acceptors (Lipinski definition) is 5. The minimum atomic E-state index is -0.202. The van der Waals surface area contributed by atoms with Crippen LogP contribution in [0.15, 0.2) is 65.8 Å².